The molecule has 2 heterocycles. The largest absolute Gasteiger partial charge is 0.459 e. The number of aryl methyl sites for hydroxylation is 2. The van der Waals surface area contributed by atoms with Gasteiger partial charge in [-0.1, -0.05) is 6.92 Å². The van der Waals surface area contributed by atoms with E-state index in [0.29, 0.717) is 11.3 Å². The van der Waals surface area contributed by atoms with Crippen molar-refractivity contribution in [1.82, 2.24) is 9.78 Å². The Bertz CT molecular complexity index is 775. The molecule has 0 spiro atoms. The summed E-state index contributed by atoms with van der Waals surface area (Å²) in [7, 11) is 0. The third-order valence-corrected chi connectivity index (χ3v) is 3.72. The second kappa shape index (κ2) is 5.33. The minimum Gasteiger partial charge on any atom is -0.459 e. The highest BCUT2D eigenvalue weighted by Crippen LogP contribution is 2.31. The fourth-order valence-electron chi connectivity index (χ4n) is 2.65. The molecule has 2 N–H and O–H groups in total. The van der Waals surface area contributed by atoms with Crippen LogP contribution in [0, 0.1) is 12.7 Å². The third-order valence-electron chi connectivity index (χ3n) is 3.72. The first-order valence-corrected chi connectivity index (χ1v) is 7.07. The highest BCUT2D eigenvalue weighted by atomic mass is 19.1. The number of furan rings is 1. The van der Waals surface area contributed by atoms with E-state index >= 15 is 0 Å². The van der Waals surface area contributed by atoms with Crippen LogP contribution < -0.4 is 5.73 Å². The molecule has 3 rings (SSSR count). The van der Waals surface area contributed by atoms with Crippen LogP contribution in [0.15, 0.2) is 34.9 Å². The number of benzene rings is 1. The Morgan fingerprint density at radius 2 is 2.19 bits per heavy atom. The minimum atomic E-state index is -0.408. The zero-order valence-corrected chi connectivity index (χ0v) is 12.1. The quantitative estimate of drug-likeness (QED) is 0.798. The van der Waals surface area contributed by atoms with E-state index < -0.39 is 6.04 Å². The predicted molar refractivity (Wildman–Crippen MR) is 79.5 cm³/mol. The molecule has 0 saturated carbocycles. The average Bonchev–Trinajstić information content (AvgIpc) is 3.04. The summed E-state index contributed by atoms with van der Waals surface area (Å²) in [5, 5.41) is 5.05. The van der Waals surface area contributed by atoms with Crippen molar-refractivity contribution in [1.29, 1.82) is 0 Å². The van der Waals surface area contributed by atoms with E-state index in [1.165, 1.54) is 12.1 Å². The van der Waals surface area contributed by atoms with Gasteiger partial charge in [-0.15, -0.1) is 0 Å². The SMILES string of the molecule is CCCn1nccc1C(N)c1oc2ccc(F)cc2c1C. The molecule has 0 amide bonds. The summed E-state index contributed by atoms with van der Waals surface area (Å²) >= 11 is 0. The highest BCUT2D eigenvalue weighted by molar-refractivity contribution is 5.82. The van der Waals surface area contributed by atoms with Crippen molar-refractivity contribution in [2.45, 2.75) is 32.9 Å². The first-order chi connectivity index (χ1) is 10.1. The number of hydrogen-bond acceptors (Lipinski definition) is 3. The molecule has 1 unspecified atom stereocenters. The Morgan fingerprint density at radius 3 is 2.95 bits per heavy atom. The standard InChI is InChI=1S/C16H18FN3O/c1-3-8-20-13(6-7-19-20)15(18)16-10(2)12-9-11(17)4-5-14(12)21-16/h4-7,9,15H,3,8,18H2,1-2H3. The van der Waals surface area contributed by atoms with Crippen molar-refractivity contribution in [3.63, 3.8) is 0 Å². The molecular formula is C16H18FN3O. The van der Waals surface area contributed by atoms with Crippen LogP contribution in [0.25, 0.3) is 11.0 Å². The second-order valence-corrected chi connectivity index (χ2v) is 5.19. The summed E-state index contributed by atoms with van der Waals surface area (Å²) in [4.78, 5) is 0. The summed E-state index contributed by atoms with van der Waals surface area (Å²) in [6.07, 6.45) is 2.72. The smallest absolute Gasteiger partial charge is 0.134 e. The molecule has 2 aromatic heterocycles. The van der Waals surface area contributed by atoms with Gasteiger partial charge in [0.25, 0.3) is 0 Å². The summed E-state index contributed by atoms with van der Waals surface area (Å²) in [5.74, 6) is 0.385. The lowest BCUT2D eigenvalue weighted by Crippen LogP contribution is -2.17. The number of hydrogen-bond donors (Lipinski definition) is 1. The third kappa shape index (κ3) is 2.34. The Labute approximate surface area is 122 Å². The van der Waals surface area contributed by atoms with E-state index in [2.05, 4.69) is 12.0 Å². The Kier molecular flexibility index (Phi) is 3.51. The Hall–Kier alpha value is -2.14. The van der Waals surface area contributed by atoms with E-state index in [1.54, 1.807) is 12.3 Å². The minimum absolute atomic E-state index is 0.275. The lowest BCUT2D eigenvalue weighted by molar-refractivity contribution is 0.489. The fraction of sp³-hybridized carbons (Fsp3) is 0.312. The number of rotatable bonds is 4. The average molecular weight is 287 g/mol. The van der Waals surface area contributed by atoms with Gasteiger partial charge in [0.15, 0.2) is 0 Å². The molecule has 0 radical (unpaired) electrons. The molecule has 0 aliphatic rings. The zero-order valence-electron chi connectivity index (χ0n) is 12.1. The van der Waals surface area contributed by atoms with Gasteiger partial charge in [0.2, 0.25) is 0 Å². The number of fused-ring (bicyclic) bond motifs is 1. The van der Waals surface area contributed by atoms with E-state index in [4.69, 9.17) is 10.2 Å². The normalized spacial score (nSPS) is 13.0. The van der Waals surface area contributed by atoms with Gasteiger partial charge in [0, 0.05) is 23.7 Å². The highest BCUT2D eigenvalue weighted by Gasteiger charge is 2.21. The molecule has 5 heteroatoms. The first-order valence-electron chi connectivity index (χ1n) is 7.07. The number of halogens is 1. The van der Waals surface area contributed by atoms with E-state index in [9.17, 15) is 4.39 Å². The molecular weight excluding hydrogens is 269 g/mol. The van der Waals surface area contributed by atoms with Gasteiger partial charge in [0.05, 0.1) is 5.69 Å². The number of nitrogens with zero attached hydrogens (tertiary/aromatic N) is 2. The summed E-state index contributed by atoms with van der Waals surface area (Å²) < 4.78 is 21.1. The zero-order chi connectivity index (χ0) is 15.0. The van der Waals surface area contributed by atoms with Crippen LogP contribution in [0.4, 0.5) is 4.39 Å². The Morgan fingerprint density at radius 1 is 1.38 bits per heavy atom. The van der Waals surface area contributed by atoms with E-state index in [-0.39, 0.29) is 5.82 Å². The van der Waals surface area contributed by atoms with Crippen LogP contribution >= 0.6 is 0 Å². The molecule has 21 heavy (non-hydrogen) atoms. The van der Waals surface area contributed by atoms with Crippen LogP contribution in [0.3, 0.4) is 0 Å². The lowest BCUT2D eigenvalue weighted by Gasteiger charge is -2.12. The summed E-state index contributed by atoms with van der Waals surface area (Å²) in [6, 6.07) is 6.00. The molecule has 1 aromatic carbocycles. The van der Waals surface area contributed by atoms with Crippen LogP contribution in [-0.2, 0) is 6.54 Å². The van der Waals surface area contributed by atoms with Crippen LogP contribution in [0.1, 0.15) is 36.4 Å². The van der Waals surface area contributed by atoms with Gasteiger partial charge >= 0.3 is 0 Å². The molecule has 3 aromatic rings. The number of aromatic nitrogens is 2. The van der Waals surface area contributed by atoms with Crippen molar-refractivity contribution in [3.05, 3.63) is 53.3 Å². The monoisotopic (exact) mass is 287 g/mol. The van der Waals surface area contributed by atoms with Crippen molar-refractivity contribution in [2.24, 2.45) is 5.73 Å². The van der Waals surface area contributed by atoms with Crippen LogP contribution in [-0.4, -0.2) is 9.78 Å². The molecule has 0 saturated heterocycles. The van der Waals surface area contributed by atoms with Gasteiger partial charge in [0.1, 0.15) is 23.2 Å². The van der Waals surface area contributed by atoms with Gasteiger partial charge in [-0.3, -0.25) is 4.68 Å². The van der Waals surface area contributed by atoms with Gasteiger partial charge < -0.3 is 10.2 Å². The maximum Gasteiger partial charge on any atom is 0.134 e. The molecule has 0 bridgehead atoms. The van der Waals surface area contributed by atoms with Crippen molar-refractivity contribution >= 4 is 11.0 Å². The number of nitrogens with two attached hydrogens (primary N) is 1. The molecule has 0 aliphatic carbocycles. The van der Waals surface area contributed by atoms with Gasteiger partial charge in [-0.25, -0.2) is 4.39 Å². The second-order valence-electron chi connectivity index (χ2n) is 5.19. The van der Waals surface area contributed by atoms with Gasteiger partial charge in [-0.05, 0) is 37.6 Å². The fourth-order valence-corrected chi connectivity index (χ4v) is 2.65. The lowest BCUT2D eigenvalue weighted by atomic mass is 10.1. The maximum atomic E-state index is 13.4. The molecule has 0 aliphatic heterocycles. The Balaban J connectivity index is 2.07. The first kappa shape index (κ1) is 13.8. The molecule has 0 fully saturated rings. The van der Waals surface area contributed by atoms with E-state index in [1.807, 2.05) is 17.7 Å². The molecule has 110 valence electrons. The van der Waals surface area contributed by atoms with Gasteiger partial charge in [-0.2, -0.15) is 5.10 Å². The summed E-state index contributed by atoms with van der Waals surface area (Å²) in [5.41, 5.74) is 8.78. The van der Waals surface area contributed by atoms with Crippen LogP contribution in [0.2, 0.25) is 0 Å². The van der Waals surface area contributed by atoms with Crippen molar-refractivity contribution in [2.75, 3.05) is 0 Å². The van der Waals surface area contributed by atoms with Crippen molar-refractivity contribution < 1.29 is 8.81 Å². The maximum absolute atomic E-state index is 13.4. The van der Waals surface area contributed by atoms with E-state index in [0.717, 1.165) is 29.6 Å². The topological polar surface area (TPSA) is 57.0 Å². The van der Waals surface area contributed by atoms with Crippen molar-refractivity contribution in [3.8, 4) is 0 Å². The van der Waals surface area contributed by atoms with Crippen LogP contribution in [0.5, 0.6) is 0 Å². The molecule has 1 atom stereocenters. The molecule has 4 nitrogen and oxygen atoms in total. The predicted octanol–water partition coefficient (Wildman–Crippen LogP) is 3.53. The summed E-state index contributed by atoms with van der Waals surface area (Å²) in [6.45, 7) is 4.80.